The molecule has 134 valence electrons. The maximum Gasteiger partial charge on any atom is 0.408 e. The Balaban J connectivity index is 1.84. The first-order chi connectivity index (χ1) is 11.7. The number of hydrogen-bond donors (Lipinski definition) is 2. The van der Waals surface area contributed by atoms with Gasteiger partial charge in [-0.05, 0) is 39.3 Å². The number of hydrogen-bond acceptors (Lipinski definition) is 6. The Hall–Kier alpha value is -2.90. The Labute approximate surface area is 145 Å². The van der Waals surface area contributed by atoms with Crippen LogP contribution in [-0.2, 0) is 22.5 Å². The molecular weight excluding hydrogens is 324 g/mol. The van der Waals surface area contributed by atoms with Crippen LogP contribution in [0.5, 0.6) is 0 Å². The number of rotatable bonds is 5. The van der Waals surface area contributed by atoms with Gasteiger partial charge in [0.1, 0.15) is 12.1 Å². The first kappa shape index (κ1) is 18.4. The van der Waals surface area contributed by atoms with E-state index in [2.05, 4.69) is 20.8 Å². The normalized spacial score (nSPS) is 11.0. The van der Waals surface area contributed by atoms with Crippen molar-refractivity contribution in [2.45, 2.75) is 46.3 Å². The second kappa shape index (κ2) is 7.78. The summed E-state index contributed by atoms with van der Waals surface area (Å²) >= 11 is 0. The van der Waals surface area contributed by atoms with Crippen molar-refractivity contribution in [1.29, 1.82) is 0 Å². The van der Waals surface area contributed by atoms with Gasteiger partial charge in [-0.2, -0.15) is 4.98 Å². The van der Waals surface area contributed by atoms with Crippen molar-refractivity contribution in [2.24, 2.45) is 0 Å². The molecule has 0 spiro atoms. The van der Waals surface area contributed by atoms with Gasteiger partial charge in [0.15, 0.2) is 5.82 Å². The molecule has 2 amide bonds. The van der Waals surface area contributed by atoms with E-state index in [0.717, 1.165) is 11.3 Å². The highest BCUT2D eigenvalue weighted by atomic mass is 16.6. The monoisotopic (exact) mass is 346 g/mol. The number of aromatic nitrogens is 2. The molecule has 1 aromatic heterocycles. The van der Waals surface area contributed by atoms with E-state index in [9.17, 15) is 9.59 Å². The molecule has 0 atom stereocenters. The fraction of sp³-hybridized carbons (Fsp3) is 0.412. The predicted octanol–water partition coefficient (Wildman–Crippen LogP) is 2.58. The first-order valence-electron chi connectivity index (χ1n) is 7.87. The van der Waals surface area contributed by atoms with Crippen molar-refractivity contribution in [1.82, 2.24) is 15.5 Å². The zero-order chi connectivity index (χ0) is 18.4. The lowest BCUT2D eigenvalue weighted by atomic mass is 10.2. The van der Waals surface area contributed by atoms with E-state index < -0.39 is 11.7 Å². The highest BCUT2D eigenvalue weighted by molar-refractivity contribution is 5.92. The van der Waals surface area contributed by atoms with Crippen LogP contribution in [0.25, 0.3) is 0 Å². The number of nitrogens with one attached hydrogen (secondary N) is 2. The SMILES string of the molecule is Cc1ccccc1NC(=O)Cc1noc(CNC(=O)OC(C)(C)C)n1. The topological polar surface area (TPSA) is 106 Å². The lowest BCUT2D eigenvalue weighted by Crippen LogP contribution is -2.32. The van der Waals surface area contributed by atoms with Crippen molar-refractivity contribution in [3.8, 4) is 0 Å². The fourth-order valence-electron chi connectivity index (χ4n) is 1.95. The summed E-state index contributed by atoms with van der Waals surface area (Å²) in [6.45, 7) is 7.24. The lowest BCUT2D eigenvalue weighted by Gasteiger charge is -2.19. The van der Waals surface area contributed by atoms with Gasteiger partial charge in [0.25, 0.3) is 0 Å². The fourth-order valence-corrected chi connectivity index (χ4v) is 1.95. The highest BCUT2D eigenvalue weighted by Gasteiger charge is 2.17. The molecule has 2 rings (SSSR count). The quantitative estimate of drug-likeness (QED) is 0.862. The number of ether oxygens (including phenoxy) is 1. The number of nitrogens with zero attached hydrogens (tertiary/aromatic N) is 2. The minimum atomic E-state index is -0.586. The van der Waals surface area contributed by atoms with E-state index in [0.29, 0.717) is 0 Å². The average Bonchev–Trinajstić information content (AvgIpc) is 2.93. The van der Waals surface area contributed by atoms with Crippen LogP contribution >= 0.6 is 0 Å². The summed E-state index contributed by atoms with van der Waals surface area (Å²) in [5.41, 5.74) is 1.12. The van der Waals surface area contributed by atoms with Crippen LogP contribution in [0.15, 0.2) is 28.8 Å². The van der Waals surface area contributed by atoms with E-state index in [4.69, 9.17) is 9.26 Å². The van der Waals surface area contributed by atoms with Crippen LogP contribution in [0.2, 0.25) is 0 Å². The number of para-hydroxylation sites is 1. The summed E-state index contributed by atoms with van der Waals surface area (Å²) in [5, 5.41) is 9.04. The number of carbonyl (C=O) groups excluding carboxylic acids is 2. The number of carbonyl (C=O) groups is 2. The van der Waals surface area contributed by atoms with E-state index in [1.165, 1.54) is 0 Å². The molecule has 0 aliphatic rings. The molecule has 25 heavy (non-hydrogen) atoms. The van der Waals surface area contributed by atoms with Crippen LogP contribution in [0.1, 0.15) is 38.0 Å². The Morgan fingerprint density at radius 1 is 1.24 bits per heavy atom. The number of anilines is 1. The Kier molecular flexibility index (Phi) is 5.74. The average molecular weight is 346 g/mol. The van der Waals surface area contributed by atoms with Gasteiger partial charge in [0.05, 0.1) is 6.42 Å². The van der Waals surface area contributed by atoms with Crippen molar-refractivity contribution in [3.63, 3.8) is 0 Å². The maximum absolute atomic E-state index is 12.0. The highest BCUT2D eigenvalue weighted by Crippen LogP contribution is 2.13. The number of aryl methyl sites for hydroxylation is 1. The van der Waals surface area contributed by atoms with E-state index in [1.807, 2.05) is 31.2 Å². The molecule has 1 heterocycles. The molecule has 0 aliphatic heterocycles. The van der Waals surface area contributed by atoms with Gasteiger partial charge in [-0.25, -0.2) is 4.79 Å². The van der Waals surface area contributed by atoms with Crippen molar-refractivity contribution >= 4 is 17.7 Å². The summed E-state index contributed by atoms with van der Waals surface area (Å²) in [6.07, 6.45) is -0.603. The van der Waals surface area contributed by atoms with Gasteiger partial charge < -0.3 is 19.9 Å². The van der Waals surface area contributed by atoms with Crippen LogP contribution < -0.4 is 10.6 Å². The van der Waals surface area contributed by atoms with E-state index in [1.54, 1.807) is 20.8 Å². The molecule has 2 N–H and O–H groups in total. The number of benzene rings is 1. The van der Waals surface area contributed by atoms with Crippen LogP contribution in [-0.4, -0.2) is 27.7 Å². The Morgan fingerprint density at radius 2 is 1.96 bits per heavy atom. The standard InChI is InChI=1S/C17H22N4O4/c1-11-7-5-6-8-12(11)19-14(22)9-13-20-15(25-21-13)10-18-16(23)24-17(2,3)4/h5-8H,9-10H2,1-4H3,(H,18,23)(H,19,22). The molecular formula is C17H22N4O4. The second-order valence-corrected chi connectivity index (χ2v) is 6.50. The van der Waals surface area contributed by atoms with Crippen LogP contribution in [0.3, 0.4) is 0 Å². The number of alkyl carbamates (subject to hydrolysis) is 1. The summed E-state index contributed by atoms with van der Waals surface area (Å²) in [6, 6.07) is 7.47. The zero-order valence-electron chi connectivity index (χ0n) is 14.8. The minimum absolute atomic E-state index is 0.0235. The van der Waals surface area contributed by atoms with Gasteiger partial charge in [-0.3, -0.25) is 4.79 Å². The third-order valence-electron chi connectivity index (χ3n) is 3.03. The van der Waals surface area contributed by atoms with Crippen molar-refractivity contribution in [3.05, 3.63) is 41.5 Å². The summed E-state index contributed by atoms with van der Waals surface area (Å²) in [7, 11) is 0. The molecule has 0 saturated carbocycles. The largest absolute Gasteiger partial charge is 0.444 e. The molecule has 0 unspecified atom stereocenters. The second-order valence-electron chi connectivity index (χ2n) is 6.50. The minimum Gasteiger partial charge on any atom is -0.444 e. The van der Waals surface area contributed by atoms with Gasteiger partial charge >= 0.3 is 6.09 Å². The molecule has 0 radical (unpaired) electrons. The van der Waals surface area contributed by atoms with Crippen LogP contribution in [0.4, 0.5) is 10.5 Å². The van der Waals surface area contributed by atoms with Crippen LogP contribution in [0, 0.1) is 6.92 Å². The molecule has 8 heteroatoms. The van der Waals surface area contributed by atoms with Gasteiger partial charge in [0.2, 0.25) is 11.8 Å². The van der Waals surface area contributed by atoms with Gasteiger partial charge in [0, 0.05) is 5.69 Å². The van der Waals surface area contributed by atoms with E-state index in [-0.39, 0.29) is 30.6 Å². The smallest absolute Gasteiger partial charge is 0.408 e. The zero-order valence-corrected chi connectivity index (χ0v) is 14.8. The molecule has 1 aromatic carbocycles. The number of amides is 2. The summed E-state index contributed by atoms with van der Waals surface area (Å²) < 4.78 is 10.1. The molecule has 2 aromatic rings. The third-order valence-corrected chi connectivity index (χ3v) is 3.03. The maximum atomic E-state index is 12.0. The predicted molar refractivity (Wildman–Crippen MR) is 90.9 cm³/mol. The summed E-state index contributed by atoms with van der Waals surface area (Å²) in [5.74, 6) is 0.193. The lowest BCUT2D eigenvalue weighted by molar-refractivity contribution is -0.115. The first-order valence-corrected chi connectivity index (χ1v) is 7.87. The summed E-state index contributed by atoms with van der Waals surface area (Å²) in [4.78, 5) is 27.7. The molecule has 0 saturated heterocycles. The molecule has 8 nitrogen and oxygen atoms in total. The van der Waals surface area contributed by atoms with Gasteiger partial charge in [-0.1, -0.05) is 23.4 Å². The van der Waals surface area contributed by atoms with Crippen molar-refractivity contribution < 1.29 is 18.8 Å². The van der Waals surface area contributed by atoms with Gasteiger partial charge in [-0.15, -0.1) is 0 Å². The molecule has 0 bridgehead atoms. The molecule has 0 fully saturated rings. The molecule has 0 aliphatic carbocycles. The Bertz CT molecular complexity index is 749. The van der Waals surface area contributed by atoms with E-state index >= 15 is 0 Å². The van der Waals surface area contributed by atoms with Crippen molar-refractivity contribution in [2.75, 3.05) is 5.32 Å². The Morgan fingerprint density at radius 3 is 2.64 bits per heavy atom. The third kappa shape index (κ3) is 6.25.